The van der Waals surface area contributed by atoms with Gasteiger partial charge in [-0.15, -0.1) is 0 Å². The Balaban J connectivity index is 2.19. The lowest BCUT2D eigenvalue weighted by atomic mass is 10.1. The Labute approximate surface area is 160 Å². The minimum atomic E-state index is -0.768. The highest BCUT2D eigenvalue weighted by Gasteiger charge is 2.15. The topological polar surface area (TPSA) is 75.5 Å². The van der Waals surface area contributed by atoms with Gasteiger partial charge >= 0.3 is 11.8 Å². The van der Waals surface area contributed by atoms with Gasteiger partial charge in [0.1, 0.15) is 0 Å². The number of hydrogen-bond donors (Lipinski definition) is 2. The normalized spacial score (nSPS) is 12.2. The van der Waals surface area contributed by atoms with Crippen molar-refractivity contribution in [2.45, 2.75) is 54.0 Å². The lowest BCUT2D eigenvalue weighted by Gasteiger charge is -2.15. The van der Waals surface area contributed by atoms with Crippen LogP contribution in [0.3, 0.4) is 0 Å². The lowest BCUT2D eigenvalue weighted by Crippen LogP contribution is -2.41. The van der Waals surface area contributed by atoms with E-state index in [2.05, 4.69) is 46.4 Å². The molecule has 0 aliphatic heterocycles. The number of carbonyl (C=O) groups excluding carboxylic acids is 2. The summed E-state index contributed by atoms with van der Waals surface area (Å²) < 4.78 is 2.18. The minimum absolute atomic E-state index is 0.0523. The zero-order chi connectivity index (χ0) is 20.1. The first-order valence-electron chi connectivity index (χ1n) is 9.15. The van der Waals surface area contributed by atoms with Gasteiger partial charge in [-0.3, -0.25) is 9.59 Å². The molecule has 27 heavy (non-hydrogen) atoms. The van der Waals surface area contributed by atoms with Crippen molar-refractivity contribution in [2.75, 3.05) is 0 Å². The second-order valence-electron chi connectivity index (χ2n) is 6.88. The van der Waals surface area contributed by atoms with Crippen molar-refractivity contribution in [1.29, 1.82) is 0 Å². The van der Waals surface area contributed by atoms with Crippen LogP contribution in [0.25, 0.3) is 5.69 Å². The molecule has 1 aromatic carbocycles. The molecule has 6 heteroatoms. The summed E-state index contributed by atoms with van der Waals surface area (Å²) in [6, 6.07) is 8.18. The number of nitrogens with zero attached hydrogens (tertiary/aromatic N) is 2. The number of nitrogens with one attached hydrogen (secondary N) is 2. The number of rotatable bonds is 5. The summed E-state index contributed by atoms with van der Waals surface area (Å²) in [4.78, 5) is 23.5. The van der Waals surface area contributed by atoms with Gasteiger partial charge in [0.15, 0.2) is 0 Å². The van der Waals surface area contributed by atoms with E-state index in [9.17, 15) is 9.59 Å². The van der Waals surface area contributed by atoms with Crippen molar-refractivity contribution in [1.82, 2.24) is 15.3 Å². The maximum absolute atomic E-state index is 11.8. The van der Waals surface area contributed by atoms with Gasteiger partial charge in [0, 0.05) is 23.0 Å². The largest absolute Gasteiger partial charge is 0.345 e. The fraction of sp³-hybridized carbons (Fsp3) is 0.381. The van der Waals surface area contributed by atoms with Gasteiger partial charge < -0.3 is 9.88 Å². The molecule has 0 radical (unpaired) electrons. The van der Waals surface area contributed by atoms with E-state index >= 15 is 0 Å². The number of amides is 2. The Morgan fingerprint density at radius 2 is 1.78 bits per heavy atom. The molecule has 0 spiro atoms. The minimum Gasteiger partial charge on any atom is -0.345 e. The Bertz CT molecular complexity index is 860. The van der Waals surface area contributed by atoms with Crippen molar-refractivity contribution in [3.05, 3.63) is 52.3 Å². The van der Waals surface area contributed by atoms with Gasteiger partial charge in [-0.25, -0.2) is 5.43 Å². The summed E-state index contributed by atoms with van der Waals surface area (Å²) in [5, 5.41) is 6.56. The third kappa shape index (κ3) is 4.64. The second-order valence-corrected chi connectivity index (χ2v) is 6.88. The Hall–Kier alpha value is -2.89. The molecule has 2 amide bonds. The number of aryl methyl sites for hydroxylation is 3. The standard InChI is InChI=1S/C21H28N4O2/c1-7-15(4)23-20(26)21(27)24-22-12-18-11-16(5)25(17(18)6)19-13(2)9-8-10-14(19)3/h8-12,15H,7H2,1-6H3,(H,23,26)(H,24,27)/b22-12-/t15-/m1/s1. The van der Waals surface area contributed by atoms with Crippen molar-refractivity contribution in [3.63, 3.8) is 0 Å². The van der Waals surface area contributed by atoms with Crippen LogP contribution >= 0.6 is 0 Å². The Morgan fingerprint density at radius 3 is 2.37 bits per heavy atom. The molecule has 1 aromatic heterocycles. The van der Waals surface area contributed by atoms with Crippen molar-refractivity contribution in [2.24, 2.45) is 5.10 Å². The highest BCUT2D eigenvalue weighted by Crippen LogP contribution is 2.25. The van der Waals surface area contributed by atoms with Gasteiger partial charge in [-0.05, 0) is 58.2 Å². The molecule has 2 rings (SSSR count). The number of aromatic nitrogens is 1. The van der Waals surface area contributed by atoms with Crippen LogP contribution < -0.4 is 10.7 Å². The fourth-order valence-electron chi connectivity index (χ4n) is 3.02. The number of hydrogen-bond acceptors (Lipinski definition) is 3. The van der Waals surface area contributed by atoms with Gasteiger partial charge in [-0.2, -0.15) is 5.10 Å². The summed E-state index contributed by atoms with van der Waals surface area (Å²) in [6.45, 7) is 12.0. The molecule has 1 heterocycles. The van der Waals surface area contributed by atoms with E-state index in [0.717, 1.165) is 29.1 Å². The fourth-order valence-corrected chi connectivity index (χ4v) is 3.02. The second kappa shape index (κ2) is 8.66. The maximum Gasteiger partial charge on any atom is 0.329 e. The van der Waals surface area contributed by atoms with E-state index < -0.39 is 11.8 Å². The number of para-hydroxylation sites is 1. The van der Waals surface area contributed by atoms with Gasteiger partial charge in [0.25, 0.3) is 0 Å². The van der Waals surface area contributed by atoms with Crippen LogP contribution in [0, 0.1) is 27.7 Å². The third-order valence-corrected chi connectivity index (χ3v) is 4.70. The molecule has 0 fully saturated rings. The molecule has 6 nitrogen and oxygen atoms in total. The van der Waals surface area contributed by atoms with E-state index in [-0.39, 0.29) is 6.04 Å². The zero-order valence-corrected chi connectivity index (χ0v) is 16.9. The highest BCUT2D eigenvalue weighted by molar-refractivity contribution is 6.35. The summed E-state index contributed by atoms with van der Waals surface area (Å²) in [5.74, 6) is -1.45. The van der Waals surface area contributed by atoms with Crippen molar-refractivity contribution < 1.29 is 9.59 Å². The van der Waals surface area contributed by atoms with Crippen LogP contribution in [0.2, 0.25) is 0 Å². The van der Waals surface area contributed by atoms with E-state index in [0.29, 0.717) is 0 Å². The predicted molar refractivity (Wildman–Crippen MR) is 108 cm³/mol. The van der Waals surface area contributed by atoms with Gasteiger partial charge in [0.05, 0.1) is 11.9 Å². The van der Waals surface area contributed by atoms with Crippen LogP contribution in [-0.2, 0) is 9.59 Å². The average Bonchev–Trinajstić information content (AvgIpc) is 2.89. The highest BCUT2D eigenvalue weighted by atomic mass is 16.2. The van der Waals surface area contributed by atoms with E-state index in [4.69, 9.17) is 0 Å². The monoisotopic (exact) mass is 368 g/mol. The number of carbonyl (C=O) groups is 2. The summed E-state index contributed by atoms with van der Waals surface area (Å²) in [6.07, 6.45) is 2.33. The molecule has 1 atom stereocenters. The average molecular weight is 368 g/mol. The van der Waals surface area contributed by atoms with E-state index in [1.165, 1.54) is 11.1 Å². The van der Waals surface area contributed by atoms with Crippen LogP contribution in [0.4, 0.5) is 0 Å². The lowest BCUT2D eigenvalue weighted by molar-refractivity contribution is -0.139. The first kappa shape index (κ1) is 20.4. The zero-order valence-electron chi connectivity index (χ0n) is 16.9. The first-order valence-corrected chi connectivity index (χ1v) is 9.15. The van der Waals surface area contributed by atoms with Crippen LogP contribution in [-0.4, -0.2) is 28.6 Å². The molecule has 0 aliphatic carbocycles. The van der Waals surface area contributed by atoms with Crippen molar-refractivity contribution >= 4 is 18.0 Å². The van der Waals surface area contributed by atoms with E-state index in [1.807, 2.05) is 39.8 Å². The molecule has 0 bridgehead atoms. The van der Waals surface area contributed by atoms with E-state index in [1.54, 1.807) is 6.21 Å². The predicted octanol–water partition coefficient (Wildman–Crippen LogP) is 3.08. The van der Waals surface area contributed by atoms with Crippen LogP contribution in [0.1, 0.15) is 48.3 Å². The first-order chi connectivity index (χ1) is 12.8. The number of hydrazone groups is 1. The van der Waals surface area contributed by atoms with Crippen LogP contribution in [0.5, 0.6) is 0 Å². The summed E-state index contributed by atoms with van der Waals surface area (Å²) in [5.41, 5.74) is 8.81. The van der Waals surface area contributed by atoms with Gasteiger partial charge in [0.2, 0.25) is 0 Å². The molecule has 2 aromatic rings. The Morgan fingerprint density at radius 1 is 1.15 bits per heavy atom. The third-order valence-electron chi connectivity index (χ3n) is 4.70. The molecule has 0 saturated carbocycles. The Kier molecular flexibility index (Phi) is 6.55. The maximum atomic E-state index is 11.8. The van der Waals surface area contributed by atoms with Crippen molar-refractivity contribution in [3.8, 4) is 5.69 Å². The molecular weight excluding hydrogens is 340 g/mol. The summed E-state index contributed by atoms with van der Waals surface area (Å²) >= 11 is 0. The molecule has 144 valence electrons. The molecule has 2 N–H and O–H groups in total. The SMILES string of the molecule is CC[C@@H](C)NC(=O)C(=O)N/N=C\c1cc(C)n(-c2c(C)cccc2C)c1C. The molecule has 0 unspecified atom stereocenters. The molecule has 0 saturated heterocycles. The number of benzene rings is 1. The van der Waals surface area contributed by atoms with Gasteiger partial charge in [-0.1, -0.05) is 25.1 Å². The molecule has 0 aliphatic rings. The quantitative estimate of drug-likeness (QED) is 0.483. The summed E-state index contributed by atoms with van der Waals surface area (Å²) in [7, 11) is 0. The molecular formula is C21H28N4O2. The van der Waals surface area contributed by atoms with Crippen LogP contribution in [0.15, 0.2) is 29.4 Å². The smallest absolute Gasteiger partial charge is 0.329 e.